The van der Waals surface area contributed by atoms with Crippen LogP contribution in [0.3, 0.4) is 0 Å². The Kier molecular flexibility index (Phi) is 6.47. The summed E-state index contributed by atoms with van der Waals surface area (Å²) in [4.78, 5) is 20.1. The monoisotopic (exact) mass is 500 g/mol. The number of hydrogen-bond donors (Lipinski definition) is 1. The number of alkyl halides is 1. The highest BCUT2D eigenvalue weighted by Gasteiger charge is 2.47. The minimum Gasteiger partial charge on any atom is -0.434 e. The molecule has 12 heteroatoms. The van der Waals surface area contributed by atoms with Crippen LogP contribution in [0.2, 0.25) is 5.02 Å². The van der Waals surface area contributed by atoms with E-state index in [0.717, 1.165) is 0 Å². The molecule has 178 valence electrons. The Morgan fingerprint density at radius 2 is 2.06 bits per heavy atom. The lowest BCUT2D eigenvalue weighted by Gasteiger charge is -2.31. The van der Waals surface area contributed by atoms with E-state index in [1.165, 1.54) is 42.0 Å². The molecule has 1 aromatic carbocycles. The van der Waals surface area contributed by atoms with Gasteiger partial charge < -0.3 is 14.5 Å². The maximum Gasteiger partial charge on any atom is 0.320 e. The predicted molar refractivity (Wildman–Crippen MR) is 118 cm³/mol. The average molecular weight is 501 g/mol. The molecule has 0 saturated carbocycles. The fraction of sp³-hybridized carbons (Fsp3) is 0.429. The van der Waals surface area contributed by atoms with Crippen LogP contribution in [0.5, 0.6) is 11.6 Å². The summed E-state index contributed by atoms with van der Waals surface area (Å²) in [6.07, 6.45) is -1.79. The van der Waals surface area contributed by atoms with Crippen LogP contribution in [0, 0.1) is 5.82 Å². The number of nitrogens with zero attached hydrogens (tertiary/aromatic N) is 3. The number of amides is 2. The molecule has 8 nitrogen and oxygen atoms in total. The zero-order chi connectivity index (χ0) is 23.9. The highest BCUT2D eigenvalue weighted by atomic mass is 35.5. The summed E-state index contributed by atoms with van der Waals surface area (Å²) in [5, 5.41) is 0.169. The number of urea groups is 1. The van der Waals surface area contributed by atoms with Gasteiger partial charge in [0.25, 0.3) is 0 Å². The Bertz CT molecular complexity index is 1180. The van der Waals surface area contributed by atoms with Gasteiger partial charge >= 0.3 is 6.03 Å². The number of fused-ring (bicyclic) bond motifs is 5. The largest absolute Gasteiger partial charge is 0.434 e. The lowest BCUT2D eigenvalue weighted by Crippen LogP contribution is -2.52. The van der Waals surface area contributed by atoms with Gasteiger partial charge in [-0.3, -0.25) is 0 Å². The van der Waals surface area contributed by atoms with Crippen LogP contribution in [-0.2, 0) is 23.0 Å². The molecule has 4 bridgehead atoms. The molecule has 0 unspecified atom stereocenters. The topological polar surface area (TPSA) is 91.8 Å². The summed E-state index contributed by atoms with van der Waals surface area (Å²) in [5.74, 6) is -1.12. The van der Waals surface area contributed by atoms with E-state index in [4.69, 9.17) is 16.3 Å². The normalized spacial score (nSPS) is 23.3. The third-order valence-corrected chi connectivity index (χ3v) is 7.47. The van der Waals surface area contributed by atoms with Gasteiger partial charge in [0.2, 0.25) is 15.9 Å². The van der Waals surface area contributed by atoms with Crippen molar-refractivity contribution < 1.29 is 26.7 Å². The van der Waals surface area contributed by atoms with Gasteiger partial charge in [-0.2, -0.15) is 0 Å². The third kappa shape index (κ3) is 4.75. The average Bonchev–Trinajstić information content (AvgIpc) is 3.06. The van der Waals surface area contributed by atoms with E-state index in [1.54, 1.807) is 12.1 Å². The van der Waals surface area contributed by atoms with Crippen molar-refractivity contribution in [3.8, 4) is 11.6 Å². The van der Waals surface area contributed by atoms with Gasteiger partial charge in [-0.15, -0.1) is 0 Å². The van der Waals surface area contributed by atoms with Crippen molar-refractivity contribution in [1.82, 2.24) is 19.5 Å². The number of hydrogen-bond acceptors (Lipinski definition) is 5. The molecular weight excluding hydrogens is 478 g/mol. The summed E-state index contributed by atoms with van der Waals surface area (Å²) < 4.78 is 62.8. The van der Waals surface area contributed by atoms with E-state index >= 15 is 8.78 Å². The van der Waals surface area contributed by atoms with Crippen molar-refractivity contribution in [1.29, 1.82) is 0 Å². The number of ether oxygens (including phenoxy) is 1. The first-order valence-corrected chi connectivity index (χ1v) is 12.4. The Morgan fingerprint density at radius 3 is 2.79 bits per heavy atom. The zero-order valence-corrected chi connectivity index (χ0v) is 19.5. The van der Waals surface area contributed by atoms with E-state index in [9.17, 15) is 13.2 Å². The second-order valence-corrected chi connectivity index (χ2v) is 10.5. The third-order valence-electron chi connectivity index (χ3n) is 5.79. The molecule has 2 aliphatic rings. The van der Waals surface area contributed by atoms with Crippen LogP contribution in [0.4, 0.5) is 13.6 Å². The van der Waals surface area contributed by atoms with E-state index in [0.29, 0.717) is 5.69 Å². The van der Waals surface area contributed by atoms with Crippen LogP contribution in [0.15, 0.2) is 30.3 Å². The summed E-state index contributed by atoms with van der Waals surface area (Å²) in [6.45, 7) is 1.15. The molecule has 1 aromatic heterocycles. The molecule has 0 spiro atoms. The van der Waals surface area contributed by atoms with Crippen molar-refractivity contribution in [2.75, 3.05) is 19.3 Å². The second-order valence-electron chi connectivity index (χ2n) is 8.05. The number of carbonyl (C=O) groups is 1. The van der Waals surface area contributed by atoms with Crippen molar-refractivity contribution in [3.05, 3.63) is 52.4 Å². The Labute approximate surface area is 195 Å². The van der Waals surface area contributed by atoms with Crippen molar-refractivity contribution in [2.45, 2.75) is 38.1 Å². The minimum atomic E-state index is -3.78. The molecule has 2 aliphatic heterocycles. The summed E-state index contributed by atoms with van der Waals surface area (Å²) in [5.41, 5.74) is 0.566. The van der Waals surface area contributed by atoms with Crippen molar-refractivity contribution in [3.63, 3.8) is 0 Å². The standard InChI is InChI=1S/C21H23ClF2N4O4S/c1-3-33(30,31)26-19-15(23)11-28-16(19)9-12-5-4-6-17(18(12)24)32-20-14(22)8-7-13(25-20)10-27(2)21(28)29/h4-8,15-16,19,26H,3,9-11H2,1-2H3/t15-,16-,19-/m0/s1. The van der Waals surface area contributed by atoms with Gasteiger partial charge in [0.1, 0.15) is 11.2 Å². The fourth-order valence-electron chi connectivity index (χ4n) is 4.05. The summed E-state index contributed by atoms with van der Waals surface area (Å²) >= 11 is 6.17. The highest BCUT2D eigenvalue weighted by Crippen LogP contribution is 2.33. The number of pyridine rings is 1. The number of carbonyl (C=O) groups excluding carboxylic acids is 1. The van der Waals surface area contributed by atoms with Gasteiger partial charge in [-0.1, -0.05) is 23.7 Å². The van der Waals surface area contributed by atoms with Gasteiger partial charge in [-0.25, -0.2) is 31.7 Å². The van der Waals surface area contributed by atoms with Gasteiger partial charge in [-0.05, 0) is 37.1 Å². The summed E-state index contributed by atoms with van der Waals surface area (Å²) in [6, 6.07) is 4.86. The molecule has 1 saturated heterocycles. The molecule has 2 amide bonds. The van der Waals surface area contributed by atoms with E-state index in [-0.39, 0.29) is 47.5 Å². The van der Waals surface area contributed by atoms with E-state index in [1.807, 2.05) is 0 Å². The van der Waals surface area contributed by atoms with Crippen LogP contribution >= 0.6 is 11.6 Å². The number of benzene rings is 1. The Hall–Kier alpha value is -2.50. The lowest BCUT2D eigenvalue weighted by atomic mass is 9.99. The molecule has 0 radical (unpaired) electrons. The van der Waals surface area contributed by atoms with Gasteiger partial charge in [0.15, 0.2) is 11.6 Å². The Balaban J connectivity index is 1.81. The number of aromatic nitrogens is 1. The maximum absolute atomic E-state index is 15.4. The molecule has 3 atom stereocenters. The van der Waals surface area contributed by atoms with Crippen LogP contribution in [0.25, 0.3) is 0 Å². The molecule has 4 rings (SSSR count). The van der Waals surface area contributed by atoms with Gasteiger partial charge in [0.05, 0.1) is 36.6 Å². The van der Waals surface area contributed by atoms with Crippen LogP contribution in [-0.4, -0.2) is 66.8 Å². The number of rotatable bonds is 3. The number of sulfonamides is 1. The summed E-state index contributed by atoms with van der Waals surface area (Å²) in [7, 11) is -2.26. The minimum absolute atomic E-state index is 0.0109. The molecule has 33 heavy (non-hydrogen) atoms. The first kappa shape index (κ1) is 23.7. The SMILES string of the molecule is CCS(=O)(=O)N[C@H]1[C@@H](F)CN2C(=O)N(C)Cc3ccc(Cl)c(n3)Oc3cccc(c3F)C[C@@H]12. The zero-order valence-electron chi connectivity index (χ0n) is 18.0. The van der Waals surface area contributed by atoms with Gasteiger partial charge in [0, 0.05) is 7.05 Å². The predicted octanol–water partition coefficient (Wildman–Crippen LogP) is 3.10. The molecule has 1 fully saturated rings. The molecule has 2 aromatic rings. The maximum atomic E-state index is 15.4. The van der Waals surface area contributed by atoms with Crippen molar-refractivity contribution in [2.24, 2.45) is 0 Å². The molecule has 3 heterocycles. The van der Waals surface area contributed by atoms with E-state index < -0.39 is 40.1 Å². The molecule has 0 aliphatic carbocycles. The molecule has 1 N–H and O–H groups in total. The van der Waals surface area contributed by atoms with Crippen molar-refractivity contribution >= 4 is 27.7 Å². The Morgan fingerprint density at radius 1 is 1.30 bits per heavy atom. The first-order chi connectivity index (χ1) is 15.6. The quantitative estimate of drug-likeness (QED) is 0.699. The number of nitrogens with one attached hydrogen (secondary N) is 1. The van der Waals surface area contributed by atoms with Crippen LogP contribution < -0.4 is 9.46 Å². The number of halogens is 3. The highest BCUT2D eigenvalue weighted by molar-refractivity contribution is 7.89. The second kappa shape index (κ2) is 9.03. The molecular formula is C21H23ClF2N4O4S. The fourth-order valence-corrected chi connectivity index (χ4v) is 5.08. The lowest BCUT2D eigenvalue weighted by molar-refractivity contribution is 0.151. The van der Waals surface area contributed by atoms with Crippen LogP contribution in [0.1, 0.15) is 18.2 Å². The smallest absolute Gasteiger partial charge is 0.320 e. The first-order valence-electron chi connectivity index (χ1n) is 10.4. The van der Waals surface area contributed by atoms with E-state index in [2.05, 4.69) is 9.71 Å².